The Balaban J connectivity index is 2.41. The van der Waals surface area contributed by atoms with Crippen molar-refractivity contribution in [2.45, 2.75) is 24.3 Å². The molecule has 0 fully saturated rings. The lowest BCUT2D eigenvalue weighted by Crippen LogP contribution is -2.25. The van der Waals surface area contributed by atoms with Gasteiger partial charge in [-0.05, 0) is 17.3 Å². The van der Waals surface area contributed by atoms with Gasteiger partial charge in [0.1, 0.15) is 0 Å². The van der Waals surface area contributed by atoms with E-state index in [0.717, 1.165) is 23.7 Å². The second-order valence-corrected chi connectivity index (χ2v) is 6.32. The lowest BCUT2D eigenvalue weighted by molar-refractivity contribution is 0.573. The lowest BCUT2D eigenvalue weighted by Gasteiger charge is -2.03. The van der Waals surface area contributed by atoms with E-state index in [2.05, 4.69) is 32.3 Å². The molecule has 1 rings (SSSR count). The molecule has 0 saturated heterocycles. The number of rotatable bonds is 7. The number of alkyl halides is 1. The van der Waals surface area contributed by atoms with E-state index < -0.39 is 10.0 Å². The van der Waals surface area contributed by atoms with E-state index in [1.54, 1.807) is 11.6 Å². The summed E-state index contributed by atoms with van der Waals surface area (Å²) in [5.41, 5.74) is 0. The van der Waals surface area contributed by atoms with Gasteiger partial charge in [0.15, 0.2) is 5.03 Å². The molecule has 0 spiro atoms. The maximum Gasteiger partial charge on any atom is 0.259 e. The summed E-state index contributed by atoms with van der Waals surface area (Å²) in [6.07, 6.45) is 6.02. The van der Waals surface area contributed by atoms with Crippen LogP contribution in [-0.2, 0) is 17.1 Å². The summed E-state index contributed by atoms with van der Waals surface area (Å²) in [6, 6.07) is 0. The maximum atomic E-state index is 11.7. The smallest absolute Gasteiger partial charge is 0.259 e. The van der Waals surface area contributed by atoms with Crippen LogP contribution in [0.4, 0.5) is 0 Å². The zero-order valence-corrected chi connectivity index (χ0v) is 12.2. The van der Waals surface area contributed by atoms with Crippen LogP contribution < -0.4 is 4.72 Å². The molecule has 0 radical (unpaired) electrons. The molecule has 5 nitrogen and oxygen atoms in total. The Labute approximate surface area is 110 Å². The second kappa shape index (κ2) is 6.55. The van der Waals surface area contributed by atoms with Crippen molar-refractivity contribution in [2.24, 2.45) is 7.05 Å². The fraction of sp³-hybridized carbons (Fsp3) is 0.667. The predicted octanol–water partition coefficient (Wildman–Crippen LogP) is 1.30. The van der Waals surface area contributed by atoms with Crippen molar-refractivity contribution in [1.29, 1.82) is 0 Å². The summed E-state index contributed by atoms with van der Waals surface area (Å²) in [7, 11) is -1.67. The summed E-state index contributed by atoms with van der Waals surface area (Å²) >= 11 is 2.32. The molecule has 0 amide bonds. The second-order valence-electron chi connectivity index (χ2n) is 3.52. The quantitative estimate of drug-likeness (QED) is 0.455. The van der Waals surface area contributed by atoms with E-state index in [4.69, 9.17) is 0 Å². The Hall–Kier alpha value is -0.150. The summed E-state index contributed by atoms with van der Waals surface area (Å²) in [6.45, 7) is 0.482. The van der Waals surface area contributed by atoms with Crippen LogP contribution in [0.3, 0.4) is 0 Å². The SMILES string of the molecule is Cn1cnc(S(=O)(=O)NCCCCCI)c1. The number of nitrogens with one attached hydrogen (secondary N) is 1. The Kier molecular flexibility index (Phi) is 5.70. The number of hydrogen-bond donors (Lipinski definition) is 1. The van der Waals surface area contributed by atoms with Crippen LogP contribution in [-0.4, -0.2) is 28.9 Å². The number of nitrogens with zero attached hydrogens (tertiary/aromatic N) is 2. The Bertz CT molecular complexity index is 416. The number of aromatic nitrogens is 2. The van der Waals surface area contributed by atoms with E-state index in [9.17, 15) is 8.42 Å². The van der Waals surface area contributed by atoms with Crippen LogP contribution in [0.2, 0.25) is 0 Å². The fourth-order valence-corrected chi connectivity index (χ4v) is 2.80. The highest BCUT2D eigenvalue weighted by molar-refractivity contribution is 14.1. The number of sulfonamides is 1. The van der Waals surface area contributed by atoms with Crippen molar-refractivity contribution in [3.05, 3.63) is 12.5 Å². The molecule has 0 bridgehead atoms. The van der Waals surface area contributed by atoms with Gasteiger partial charge in [-0.2, -0.15) is 0 Å². The molecule has 92 valence electrons. The van der Waals surface area contributed by atoms with Gasteiger partial charge in [0, 0.05) is 19.8 Å². The minimum atomic E-state index is -3.41. The van der Waals surface area contributed by atoms with Gasteiger partial charge < -0.3 is 4.57 Å². The molecule has 16 heavy (non-hydrogen) atoms. The van der Waals surface area contributed by atoms with Crippen molar-refractivity contribution in [1.82, 2.24) is 14.3 Å². The monoisotopic (exact) mass is 357 g/mol. The van der Waals surface area contributed by atoms with Crippen LogP contribution in [0.5, 0.6) is 0 Å². The van der Waals surface area contributed by atoms with Gasteiger partial charge in [-0.25, -0.2) is 18.1 Å². The Morgan fingerprint density at radius 3 is 2.75 bits per heavy atom. The number of hydrogen-bond acceptors (Lipinski definition) is 3. The normalized spacial score (nSPS) is 11.9. The number of imidazole rings is 1. The highest BCUT2D eigenvalue weighted by atomic mass is 127. The molecule has 0 atom stereocenters. The van der Waals surface area contributed by atoms with Crippen LogP contribution in [0.1, 0.15) is 19.3 Å². The number of aryl methyl sites for hydroxylation is 1. The Morgan fingerprint density at radius 2 is 2.19 bits per heavy atom. The van der Waals surface area contributed by atoms with Gasteiger partial charge in [0.25, 0.3) is 10.0 Å². The first kappa shape index (κ1) is 13.9. The molecular weight excluding hydrogens is 341 g/mol. The average Bonchev–Trinajstić information content (AvgIpc) is 2.65. The molecular formula is C9H16IN3O2S. The molecule has 1 heterocycles. The minimum absolute atomic E-state index is 0.0869. The van der Waals surface area contributed by atoms with Crippen molar-refractivity contribution in [2.75, 3.05) is 11.0 Å². The van der Waals surface area contributed by atoms with Crippen molar-refractivity contribution in [3.8, 4) is 0 Å². The molecule has 0 saturated carbocycles. The fourth-order valence-electron chi connectivity index (χ4n) is 1.20. The van der Waals surface area contributed by atoms with E-state index >= 15 is 0 Å². The van der Waals surface area contributed by atoms with E-state index in [1.807, 2.05) is 0 Å². The van der Waals surface area contributed by atoms with Gasteiger partial charge >= 0.3 is 0 Å². The van der Waals surface area contributed by atoms with E-state index in [-0.39, 0.29) is 5.03 Å². The first-order valence-corrected chi connectivity index (χ1v) is 8.11. The van der Waals surface area contributed by atoms with Crippen molar-refractivity contribution in [3.63, 3.8) is 0 Å². The van der Waals surface area contributed by atoms with E-state index in [0.29, 0.717) is 6.54 Å². The molecule has 0 aromatic carbocycles. The number of halogens is 1. The molecule has 1 aromatic rings. The third-order valence-electron chi connectivity index (χ3n) is 2.06. The Morgan fingerprint density at radius 1 is 1.44 bits per heavy atom. The van der Waals surface area contributed by atoms with Gasteiger partial charge in [0.2, 0.25) is 0 Å². The van der Waals surface area contributed by atoms with Crippen LogP contribution in [0.25, 0.3) is 0 Å². The standard InChI is InChI=1S/C9H16IN3O2S/c1-13-7-9(11-8-13)16(14,15)12-6-4-2-3-5-10/h7-8,12H,2-6H2,1H3. The largest absolute Gasteiger partial charge is 0.339 e. The van der Waals surface area contributed by atoms with Crippen molar-refractivity contribution >= 4 is 32.6 Å². The van der Waals surface area contributed by atoms with Crippen LogP contribution >= 0.6 is 22.6 Å². The summed E-state index contributed by atoms with van der Waals surface area (Å²) in [5, 5.41) is 0.0869. The van der Waals surface area contributed by atoms with Crippen molar-refractivity contribution < 1.29 is 8.42 Å². The molecule has 0 aliphatic rings. The van der Waals surface area contributed by atoms with E-state index in [1.165, 1.54) is 12.5 Å². The van der Waals surface area contributed by atoms with Crippen LogP contribution in [0, 0.1) is 0 Å². The average molecular weight is 357 g/mol. The molecule has 1 N–H and O–H groups in total. The highest BCUT2D eigenvalue weighted by Gasteiger charge is 2.15. The molecule has 1 aromatic heterocycles. The summed E-state index contributed by atoms with van der Waals surface area (Å²) in [4.78, 5) is 3.81. The summed E-state index contributed by atoms with van der Waals surface area (Å²) < 4.78 is 28.7. The van der Waals surface area contributed by atoms with Gasteiger partial charge in [0.05, 0.1) is 6.33 Å². The number of unbranched alkanes of at least 4 members (excludes halogenated alkanes) is 2. The molecule has 0 aliphatic heterocycles. The molecule has 0 unspecified atom stereocenters. The van der Waals surface area contributed by atoms with Gasteiger partial charge in [-0.3, -0.25) is 0 Å². The minimum Gasteiger partial charge on any atom is -0.339 e. The first-order valence-electron chi connectivity index (χ1n) is 5.10. The van der Waals surface area contributed by atoms with Gasteiger partial charge in [-0.1, -0.05) is 29.0 Å². The first-order chi connectivity index (χ1) is 7.56. The summed E-state index contributed by atoms with van der Waals surface area (Å²) in [5.74, 6) is 0. The van der Waals surface area contributed by atoms with Crippen LogP contribution in [0.15, 0.2) is 17.6 Å². The molecule has 7 heteroatoms. The maximum absolute atomic E-state index is 11.7. The third kappa shape index (κ3) is 4.38. The topological polar surface area (TPSA) is 64.0 Å². The predicted molar refractivity (Wildman–Crippen MR) is 71.1 cm³/mol. The molecule has 0 aliphatic carbocycles. The zero-order chi connectivity index (χ0) is 12.0. The highest BCUT2D eigenvalue weighted by Crippen LogP contribution is 2.04. The lowest BCUT2D eigenvalue weighted by atomic mass is 10.3. The zero-order valence-electron chi connectivity index (χ0n) is 9.19. The van der Waals surface area contributed by atoms with Gasteiger partial charge in [-0.15, -0.1) is 0 Å². The third-order valence-corrected chi connectivity index (χ3v) is 4.17.